The van der Waals surface area contributed by atoms with Crippen molar-refractivity contribution in [2.45, 2.75) is 29.6 Å². The van der Waals surface area contributed by atoms with Gasteiger partial charge in [-0.1, -0.05) is 25.5 Å². The lowest BCUT2D eigenvalue weighted by Gasteiger charge is -2.08. The monoisotopic (exact) mass is 308 g/mol. The molecule has 0 unspecified atom stereocenters. The molecule has 0 fully saturated rings. The summed E-state index contributed by atoms with van der Waals surface area (Å²) in [5.74, 6) is -2.11. The topological polar surface area (TPSA) is 94.8 Å². The molecule has 0 aromatic heterocycles. The minimum absolute atomic E-state index is 0.0619. The van der Waals surface area contributed by atoms with E-state index in [0.717, 1.165) is 30.5 Å². The third-order valence-electron chi connectivity index (χ3n) is 3.13. The van der Waals surface area contributed by atoms with Crippen LogP contribution < -0.4 is 0 Å². The highest BCUT2D eigenvalue weighted by molar-refractivity contribution is 7.91. The number of sulfone groups is 1. The maximum absolute atomic E-state index is 12.4. The Kier molecular flexibility index (Phi) is 4.09. The molecule has 0 saturated heterocycles. The molecule has 0 aliphatic heterocycles. The maximum atomic E-state index is 12.4. The van der Waals surface area contributed by atoms with Crippen LogP contribution in [0.2, 0.25) is 0 Å². The van der Waals surface area contributed by atoms with Crippen LogP contribution in [-0.4, -0.2) is 23.7 Å². The third-order valence-corrected chi connectivity index (χ3v) is 4.87. The van der Waals surface area contributed by atoms with Gasteiger partial charge in [0.2, 0.25) is 9.84 Å². The fourth-order valence-corrected chi connectivity index (χ4v) is 3.29. The van der Waals surface area contributed by atoms with Crippen molar-refractivity contribution in [3.05, 3.63) is 42.0 Å². The maximum Gasteiger partial charge on any atom is 0.206 e. The number of aryl methyl sites for hydroxylation is 1. The van der Waals surface area contributed by atoms with Gasteiger partial charge >= 0.3 is 0 Å². The van der Waals surface area contributed by atoms with Crippen molar-refractivity contribution in [2.24, 2.45) is 0 Å². The van der Waals surface area contributed by atoms with Crippen LogP contribution >= 0.6 is 0 Å². The third kappa shape index (κ3) is 2.95. The predicted molar refractivity (Wildman–Crippen MR) is 77.3 cm³/mol. The largest absolute Gasteiger partial charge is 0.504 e. The van der Waals surface area contributed by atoms with Crippen molar-refractivity contribution in [3.63, 3.8) is 0 Å². The first kappa shape index (κ1) is 15.2. The zero-order valence-electron chi connectivity index (χ0n) is 11.4. The summed E-state index contributed by atoms with van der Waals surface area (Å²) in [4.78, 5) is -0.217. The average Bonchev–Trinajstić information content (AvgIpc) is 2.45. The van der Waals surface area contributed by atoms with Crippen molar-refractivity contribution >= 4 is 9.84 Å². The van der Waals surface area contributed by atoms with E-state index >= 15 is 0 Å². The quantitative estimate of drug-likeness (QED) is 0.755. The normalized spacial score (nSPS) is 11.5. The smallest absolute Gasteiger partial charge is 0.206 e. The van der Waals surface area contributed by atoms with Gasteiger partial charge in [-0.15, -0.1) is 0 Å². The van der Waals surface area contributed by atoms with Crippen molar-refractivity contribution in [2.75, 3.05) is 0 Å². The average molecular weight is 308 g/mol. The molecule has 3 N–H and O–H groups in total. The number of aromatic hydroxyl groups is 3. The highest BCUT2D eigenvalue weighted by Crippen LogP contribution is 2.38. The van der Waals surface area contributed by atoms with Crippen LogP contribution in [0, 0.1) is 0 Å². The summed E-state index contributed by atoms with van der Waals surface area (Å²) < 4.78 is 24.8. The van der Waals surface area contributed by atoms with Crippen molar-refractivity contribution in [1.29, 1.82) is 0 Å². The molecule has 0 bridgehead atoms. The van der Waals surface area contributed by atoms with Gasteiger partial charge < -0.3 is 15.3 Å². The summed E-state index contributed by atoms with van der Waals surface area (Å²) in [6.07, 6.45) is 1.83. The van der Waals surface area contributed by atoms with Gasteiger partial charge in [0.1, 0.15) is 0 Å². The predicted octanol–water partition coefficient (Wildman–Crippen LogP) is 2.59. The van der Waals surface area contributed by atoms with Gasteiger partial charge in [-0.2, -0.15) is 0 Å². The van der Waals surface area contributed by atoms with Crippen LogP contribution in [0.1, 0.15) is 18.9 Å². The Morgan fingerprint density at radius 1 is 0.905 bits per heavy atom. The van der Waals surface area contributed by atoms with E-state index in [4.69, 9.17) is 0 Å². The molecule has 0 saturated carbocycles. The molecule has 0 aliphatic carbocycles. The first-order valence-corrected chi connectivity index (χ1v) is 7.93. The molecule has 5 nitrogen and oxygen atoms in total. The first-order chi connectivity index (χ1) is 9.86. The summed E-state index contributed by atoms with van der Waals surface area (Å²) in [6.45, 7) is 2.03. The molecule has 0 heterocycles. The van der Waals surface area contributed by atoms with Gasteiger partial charge in [-0.05, 0) is 24.1 Å². The van der Waals surface area contributed by atoms with Crippen molar-refractivity contribution in [3.8, 4) is 17.2 Å². The van der Waals surface area contributed by atoms with Gasteiger partial charge in [0.15, 0.2) is 17.2 Å². The molecule has 2 aromatic carbocycles. The van der Waals surface area contributed by atoms with Gasteiger partial charge in [0, 0.05) is 12.1 Å². The van der Waals surface area contributed by atoms with E-state index < -0.39 is 27.1 Å². The molecule has 2 rings (SSSR count). The van der Waals surface area contributed by atoms with Gasteiger partial charge in [0.25, 0.3) is 0 Å². The van der Waals surface area contributed by atoms with Crippen LogP contribution in [0.15, 0.2) is 46.2 Å². The fraction of sp³-hybridized carbons (Fsp3) is 0.200. The number of phenols is 3. The molecule has 21 heavy (non-hydrogen) atoms. The van der Waals surface area contributed by atoms with E-state index in [2.05, 4.69) is 0 Å². The lowest BCUT2D eigenvalue weighted by atomic mass is 10.1. The molecule has 112 valence electrons. The zero-order chi connectivity index (χ0) is 15.6. The van der Waals surface area contributed by atoms with E-state index in [9.17, 15) is 23.7 Å². The SMILES string of the molecule is CCCc1ccc(S(=O)(=O)c2cc(O)c(O)c(O)c2)cc1. The lowest BCUT2D eigenvalue weighted by molar-refractivity contribution is 0.366. The van der Waals surface area contributed by atoms with Gasteiger partial charge in [-0.3, -0.25) is 0 Å². The van der Waals surface area contributed by atoms with E-state index in [1.807, 2.05) is 6.92 Å². The molecule has 0 radical (unpaired) electrons. The molecular formula is C15H16O5S. The highest BCUT2D eigenvalue weighted by atomic mass is 32.2. The Hall–Kier alpha value is -2.21. The van der Waals surface area contributed by atoms with Crippen LogP contribution in [0.25, 0.3) is 0 Å². The second-order valence-corrected chi connectivity index (χ2v) is 6.66. The number of benzene rings is 2. The van der Waals surface area contributed by atoms with E-state index in [-0.39, 0.29) is 9.79 Å². The van der Waals surface area contributed by atoms with Crippen LogP contribution in [-0.2, 0) is 16.3 Å². The molecule has 6 heteroatoms. The van der Waals surface area contributed by atoms with E-state index in [1.54, 1.807) is 12.1 Å². The molecule has 0 amide bonds. The van der Waals surface area contributed by atoms with E-state index in [0.29, 0.717) is 0 Å². The Morgan fingerprint density at radius 3 is 1.90 bits per heavy atom. The first-order valence-electron chi connectivity index (χ1n) is 6.45. The van der Waals surface area contributed by atoms with Crippen molar-refractivity contribution < 1.29 is 23.7 Å². The summed E-state index contributed by atoms with van der Waals surface area (Å²) in [7, 11) is -3.86. The van der Waals surface area contributed by atoms with Gasteiger partial charge in [0.05, 0.1) is 9.79 Å². The van der Waals surface area contributed by atoms with E-state index in [1.165, 1.54) is 12.1 Å². The summed E-state index contributed by atoms with van der Waals surface area (Å²) >= 11 is 0. The molecular weight excluding hydrogens is 292 g/mol. The summed E-state index contributed by atoms with van der Waals surface area (Å²) in [6, 6.07) is 8.25. The van der Waals surface area contributed by atoms with Crippen LogP contribution in [0.4, 0.5) is 0 Å². The summed E-state index contributed by atoms with van der Waals surface area (Å²) in [5.41, 5.74) is 1.04. The van der Waals surface area contributed by atoms with Crippen LogP contribution in [0.5, 0.6) is 17.2 Å². The second-order valence-electron chi connectivity index (χ2n) is 4.71. The molecule has 0 spiro atoms. The second kappa shape index (κ2) is 5.65. The minimum atomic E-state index is -3.86. The Balaban J connectivity index is 2.46. The Morgan fingerprint density at radius 2 is 1.43 bits per heavy atom. The number of phenolic OH excluding ortho intramolecular Hbond substituents is 3. The lowest BCUT2D eigenvalue weighted by Crippen LogP contribution is -2.02. The zero-order valence-corrected chi connectivity index (χ0v) is 12.3. The summed E-state index contributed by atoms with van der Waals surface area (Å²) in [5, 5.41) is 28.1. The fourth-order valence-electron chi connectivity index (χ4n) is 1.99. The minimum Gasteiger partial charge on any atom is -0.504 e. The highest BCUT2D eigenvalue weighted by Gasteiger charge is 2.21. The molecule has 0 atom stereocenters. The molecule has 2 aromatic rings. The number of hydrogen-bond donors (Lipinski definition) is 3. The van der Waals surface area contributed by atoms with Crippen molar-refractivity contribution in [1.82, 2.24) is 0 Å². The number of hydrogen-bond acceptors (Lipinski definition) is 5. The number of rotatable bonds is 4. The van der Waals surface area contributed by atoms with Gasteiger partial charge in [-0.25, -0.2) is 8.42 Å². The van der Waals surface area contributed by atoms with Crippen LogP contribution in [0.3, 0.4) is 0 Å². The Labute approximate surface area is 123 Å². The molecule has 0 aliphatic rings. The Bertz CT molecular complexity index is 725. The standard InChI is InChI=1S/C15H16O5S/c1-2-3-10-4-6-11(7-5-10)21(19,20)12-8-13(16)15(18)14(17)9-12/h4-9,16-18H,2-3H2,1H3.